The average Bonchev–Trinajstić information content (AvgIpc) is 2.75. The molecule has 0 aromatic heterocycles. The van der Waals surface area contributed by atoms with Gasteiger partial charge in [0.05, 0.1) is 11.8 Å². The van der Waals surface area contributed by atoms with Crippen molar-refractivity contribution in [3.05, 3.63) is 94.8 Å². The monoisotopic (exact) mass is 426 g/mol. The Labute approximate surface area is 176 Å². The van der Waals surface area contributed by atoms with E-state index in [1.807, 2.05) is 0 Å². The lowest BCUT2D eigenvalue weighted by atomic mass is 10.2. The molecule has 0 aliphatic heterocycles. The van der Waals surface area contributed by atoms with Crippen LogP contribution in [0.2, 0.25) is 5.02 Å². The van der Waals surface area contributed by atoms with Crippen molar-refractivity contribution in [2.75, 3.05) is 6.61 Å². The van der Waals surface area contributed by atoms with E-state index in [1.54, 1.807) is 42.5 Å². The number of carbonyl (C=O) groups excluding carboxylic acids is 2. The van der Waals surface area contributed by atoms with Gasteiger partial charge in [-0.25, -0.2) is 14.6 Å². The molecule has 0 aliphatic carbocycles. The zero-order valence-corrected chi connectivity index (χ0v) is 16.3. The third-order valence-corrected chi connectivity index (χ3v) is 4.02. The Kier molecular flexibility index (Phi) is 7.13. The quantitative estimate of drug-likeness (QED) is 0.265. The maximum absolute atomic E-state index is 13.6. The van der Waals surface area contributed by atoms with Gasteiger partial charge in [0.2, 0.25) is 0 Å². The van der Waals surface area contributed by atoms with Crippen molar-refractivity contribution in [1.82, 2.24) is 5.43 Å². The Morgan fingerprint density at radius 3 is 2.33 bits per heavy atom. The van der Waals surface area contributed by atoms with Crippen LogP contribution >= 0.6 is 11.6 Å². The maximum Gasteiger partial charge on any atom is 0.346 e. The van der Waals surface area contributed by atoms with Crippen LogP contribution in [0.25, 0.3) is 0 Å². The first-order valence-electron chi connectivity index (χ1n) is 8.78. The molecule has 8 heteroatoms. The molecule has 0 radical (unpaired) electrons. The highest BCUT2D eigenvalue weighted by molar-refractivity contribution is 6.30. The van der Waals surface area contributed by atoms with Crippen LogP contribution in [0.5, 0.6) is 11.5 Å². The summed E-state index contributed by atoms with van der Waals surface area (Å²) in [6.07, 6.45) is 1.42. The van der Waals surface area contributed by atoms with Crippen molar-refractivity contribution in [3.8, 4) is 11.5 Å². The molecule has 0 unspecified atom stereocenters. The van der Waals surface area contributed by atoms with Gasteiger partial charge >= 0.3 is 5.97 Å². The molecule has 0 aliphatic rings. The van der Waals surface area contributed by atoms with Crippen LogP contribution in [0.4, 0.5) is 4.39 Å². The van der Waals surface area contributed by atoms with Crippen LogP contribution < -0.4 is 14.9 Å². The van der Waals surface area contributed by atoms with E-state index in [9.17, 15) is 14.0 Å². The van der Waals surface area contributed by atoms with Crippen LogP contribution in [0.15, 0.2) is 77.9 Å². The topological polar surface area (TPSA) is 77.0 Å². The molecule has 0 heterocycles. The van der Waals surface area contributed by atoms with E-state index < -0.39 is 17.7 Å². The number of hydrogen-bond donors (Lipinski definition) is 1. The number of carbonyl (C=O) groups is 2. The number of ether oxygens (including phenoxy) is 2. The second-order valence-electron chi connectivity index (χ2n) is 5.97. The van der Waals surface area contributed by atoms with Crippen LogP contribution in [-0.4, -0.2) is 24.7 Å². The molecule has 0 bridgehead atoms. The van der Waals surface area contributed by atoms with Gasteiger partial charge in [-0.15, -0.1) is 0 Å². The number of halogens is 2. The Morgan fingerprint density at radius 2 is 1.63 bits per heavy atom. The Balaban J connectivity index is 1.47. The molecule has 0 spiro atoms. The highest BCUT2D eigenvalue weighted by atomic mass is 35.5. The van der Waals surface area contributed by atoms with Crippen LogP contribution in [0.3, 0.4) is 0 Å². The number of nitrogens with zero attached hydrogens (tertiary/aromatic N) is 1. The average molecular weight is 427 g/mol. The molecule has 0 fully saturated rings. The second kappa shape index (κ2) is 10.2. The van der Waals surface area contributed by atoms with E-state index in [0.29, 0.717) is 16.3 Å². The fourth-order valence-corrected chi connectivity index (χ4v) is 2.43. The summed E-state index contributed by atoms with van der Waals surface area (Å²) in [4.78, 5) is 23.7. The second-order valence-corrected chi connectivity index (χ2v) is 6.41. The number of nitrogens with one attached hydrogen (secondary N) is 1. The fraction of sp³-hybridized carbons (Fsp3) is 0.0455. The van der Waals surface area contributed by atoms with Crippen molar-refractivity contribution in [2.24, 2.45) is 5.10 Å². The zero-order valence-electron chi connectivity index (χ0n) is 15.5. The van der Waals surface area contributed by atoms with Gasteiger partial charge in [0, 0.05) is 5.02 Å². The Bertz CT molecular complexity index is 1050. The van der Waals surface area contributed by atoms with Gasteiger partial charge in [-0.05, 0) is 66.2 Å². The summed E-state index contributed by atoms with van der Waals surface area (Å²) in [5.74, 6) is -1.11. The predicted molar refractivity (Wildman–Crippen MR) is 110 cm³/mol. The van der Waals surface area contributed by atoms with Crippen molar-refractivity contribution in [1.29, 1.82) is 0 Å². The molecule has 152 valence electrons. The standard InChI is InChI=1S/C22H16ClFN2O4/c23-16-7-11-17(12-8-16)29-14-21(27)26-25-13-15-5-9-18(10-6-15)30-22(28)19-3-1-2-4-20(19)24/h1-13H,14H2,(H,26,27)/b25-13-. The Morgan fingerprint density at radius 1 is 0.967 bits per heavy atom. The van der Waals surface area contributed by atoms with Gasteiger partial charge in [0.1, 0.15) is 17.3 Å². The zero-order chi connectivity index (χ0) is 21.3. The smallest absolute Gasteiger partial charge is 0.346 e. The summed E-state index contributed by atoms with van der Waals surface area (Å²) in [7, 11) is 0. The minimum absolute atomic E-state index is 0.147. The minimum atomic E-state index is -0.789. The highest BCUT2D eigenvalue weighted by Crippen LogP contribution is 2.16. The molecule has 1 N–H and O–H groups in total. The van der Waals surface area contributed by atoms with Gasteiger partial charge in [0.25, 0.3) is 5.91 Å². The maximum atomic E-state index is 13.6. The first-order chi connectivity index (χ1) is 14.5. The van der Waals surface area contributed by atoms with Gasteiger partial charge in [-0.2, -0.15) is 5.10 Å². The number of hydrazone groups is 1. The van der Waals surface area contributed by atoms with Crippen LogP contribution in [0.1, 0.15) is 15.9 Å². The molecular formula is C22H16ClFN2O4. The van der Waals surface area contributed by atoms with E-state index in [-0.39, 0.29) is 17.9 Å². The van der Waals surface area contributed by atoms with E-state index in [1.165, 1.54) is 36.5 Å². The van der Waals surface area contributed by atoms with Gasteiger partial charge < -0.3 is 9.47 Å². The third-order valence-electron chi connectivity index (χ3n) is 3.77. The van der Waals surface area contributed by atoms with Crippen molar-refractivity contribution < 1.29 is 23.5 Å². The first kappa shape index (κ1) is 21.0. The molecule has 3 aromatic rings. The largest absolute Gasteiger partial charge is 0.484 e. The normalized spacial score (nSPS) is 10.6. The minimum Gasteiger partial charge on any atom is -0.484 e. The Hall–Kier alpha value is -3.71. The summed E-state index contributed by atoms with van der Waals surface area (Å²) in [5, 5.41) is 4.41. The number of amides is 1. The van der Waals surface area contributed by atoms with Gasteiger partial charge in [-0.1, -0.05) is 23.7 Å². The van der Waals surface area contributed by atoms with Gasteiger partial charge in [-0.3, -0.25) is 4.79 Å². The molecule has 3 rings (SSSR count). The van der Waals surface area contributed by atoms with Gasteiger partial charge in [0.15, 0.2) is 6.61 Å². The van der Waals surface area contributed by atoms with Crippen LogP contribution in [0, 0.1) is 5.82 Å². The molecule has 0 saturated carbocycles. The molecule has 0 saturated heterocycles. The van der Waals surface area contributed by atoms with Crippen molar-refractivity contribution >= 4 is 29.7 Å². The van der Waals surface area contributed by atoms with Crippen molar-refractivity contribution in [2.45, 2.75) is 0 Å². The van der Waals surface area contributed by atoms with E-state index in [4.69, 9.17) is 21.1 Å². The first-order valence-corrected chi connectivity index (χ1v) is 9.16. The molecule has 30 heavy (non-hydrogen) atoms. The summed E-state index contributed by atoms with van der Waals surface area (Å²) >= 11 is 5.78. The molecular weight excluding hydrogens is 411 g/mol. The summed E-state index contributed by atoms with van der Waals surface area (Å²) in [6.45, 7) is -0.204. The number of rotatable bonds is 7. The summed E-state index contributed by atoms with van der Waals surface area (Å²) < 4.78 is 24.1. The number of hydrogen-bond acceptors (Lipinski definition) is 5. The summed E-state index contributed by atoms with van der Waals surface area (Å²) in [5.41, 5.74) is 2.85. The lowest BCUT2D eigenvalue weighted by molar-refractivity contribution is -0.123. The highest BCUT2D eigenvalue weighted by Gasteiger charge is 2.13. The molecule has 0 atom stereocenters. The summed E-state index contributed by atoms with van der Waals surface area (Å²) in [6, 6.07) is 18.5. The number of esters is 1. The predicted octanol–water partition coefficient (Wildman–Crippen LogP) is 4.23. The van der Waals surface area contributed by atoms with Crippen LogP contribution in [-0.2, 0) is 4.79 Å². The van der Waals surface area contributed by atoms with E-state index in [0.717, 1.165) is 0 Å². The molecule has 6 nitrogen and oxygen atoms in total. The molecule has 1 amide bonds. The number of benzene rings is 3. The van der Waals surface area contributed by atoms with Crippen molar-refractivity contribution in [3.63, 3.8) is 0 Å². The van der Waals surface area contributed by atoms with E-state index in [2.05, 4.69) is 10.5 Å². The van der Waals surface area contributed by atoms with E-state index >= 15 is 0 Å². The fourth-order valence-electron chi connectivity index (χ4n) is 2.30. The SMILES string of the molecule is O=C(COc1ccc(Cl)cc1)N/N=C\c1ccc(OC(=O)c2ccccc2F)cc1. The molecule has 3 aromatic carbocycles. The lowest BCUT2D eigenvalue weighted by Crippen LogP contribution is -2.24. The lowest BCUT2D eigenvalue weighted by Gasteiger charge is -2.05. The third kappa shape index (κ3) is 6.15.